The van der Waals surface area contributed by atoms with Crippen LogP contribution < -0.4 is 33.9 Å². The van der Waals surface area contributed by atoms with E-state index in [1.54, 1.807) is 0 Å². The van der Waals surface area contributed by atoms with Gasteiger partial charge in [-0.05, 0) is 24.3 Å². The molecule has 4 rings (SSSR count). The number of aryl methyl sites for hydroxylation is 2. The first-order chi connectivity index (χ1) is 13.3. The first kappa shape index (κ1) is 23.2. The van der Waals surface area contributed by atoms with Crippen LogP contribution in [0, 0.1) is 0 Å². The molecule has 0 bridgehead atoms. The molecule has 0 fully saturated rings. The number of nitrogens with zero attached hydrogens (tertiary/aromatic N) is 4. The molecule has 8 heteroatoms. The van der Waals surface area contributed by atoms with Crippen LogP contribution in [0.25, 0.3) is 22.1 Å². The van der Waals surface area contributed by atoms with E-state index in [2.05, 4.69) is 67.3 Å². The molecule has 2 aromatic carbocycles. The summed E-state index contributed by atoms with van der Waals surface area (Å²) in [5, 5.41) is 18.6. The monoisotopic (exact) mass is 436 g/mol. The SMILES string of the molecule is OCC[n+]1cn(CCCn2c[n+](CCO)c3ccccc32)c2ccccc21.[Cl-].[Cl-]. The highest BCUT2D eigenvalue weighted by molar-refractivity contribution is 5.72. The molecule has 0 amide bonds. The number of hydrogen-bond acceptors (Lipinski definition) is 2. The number of aromatic nitrogens is 4. The summed E-state index contributed by atoms with van der Waals surface area (Å²) in [7, 11) is 0. The molecule has 6 nitrogen and oxygen atoms in total. The van der Waals surface area contributed by atoms with Gasteiger partial charge in [-0.25, -0.2) is 18.3 Å². The molecule has 0 aliphatic rings. The number of fused-ring (bicyclic) bond motifs is 2. The Labute approximate surface area is 182 Å². The Morgan fingerprint density at radius 3 is 1.48 bits per heavy atom. The summed E-state index contributed by atoms with van der Waals surface area (Å²) in [5.41, 5.74) is 4.69. The van der Waals surface area contributed by atoms with Gasteiger partial charge in [-0.3, -0.25) is 0 Å². The highest BCUT2D eigenvalue weighted by Gasteiger charge is 2.17. The Morgan fingerprint density at radius 2 is 1.07 bits per heavy atom. The van der Waals surface area contributed by atoms with Crippen LogP contribution in [0.15, 0.2) is 61.2 Å². The summed E-state index contributed by atoms with van der Waals surface area (Å²) < 4.78 is 8.74. The van der Waals surface area contributed by atoms with E-state index in [9.17, 15) is 10.2 Å². The van der Waals surface area contributed by atoms with Gasteiger partial charge in [0.1, 0.15) is 13.1 Å². The summed E-state index contributed by atoms with van der Waals surface area (Å²) in [6.45, 7) is 3.31. The summed E-state index contributed by atoms with van der Waals surface area (Å²) in [5.74, 6) is 0. The van der Waals surface area contributed by atoms with Gasteiger partial charge in [-0.2, -0.15) is 0 Å². The van der Waals surface area contributed by atoms with E-state index in [4.69, 9.17) is 0 Å². The van der Waals surface area contributed by atoms with Gasteiger partial charge in [0.25, 0.3) is 0 Å². The second-order valence-electron chi connectivity index (χ2n) is 6.78. The molecule has 2 heterocycles. The molecule has 2 aromatic heterocycles. The van der Waals surface area contributed by atoms with Crippen LogP contribution in [-0.4, -0.2) is 32.6 Å². The van der Waals surface area contributed by atoms with Crippen LogP contribution in [0.2, 0.25) is 0 Å². The topological polar surface area (TPSA) is 58.1 Å². The summed E-state index contributed by atoms with van der Waals surface area (Å²) in [4.78, 5) is 0. The largest absolute Gasteiger partial charge is 1.00 e. The predicted molar refractivity (Wildman–Crippen MR) is 103 cm³/mol. The van der Waals surface area contributed by atoms with Crippen LogP contribution >= 0.6 is 0 Å². The molecular weight excluding hydrogens is 411 g/mol. The molecule has 0 unspecified atom stereocenters. The van der Waals surface area contributed by atoms with Crippen molar-refractivity contribution in [3.05, 3.63) is 61.2 Å². The maximum atomic E-state index is 9.31. The average Bonchev–Trinajstić information content (AvgIpc) is 3.22. The summed E-state index contributed by atoms with van der Waals surface area (Å²) >= 11 is 0. The third-order valence-electron chi connectivity index (χ3n) is 5.04. The fourth-order valence-electron chi connectivity index (χ4n) is 3.82. The zero-order valence-electron chi connectivity index (χ0n) is 16.2. The molecule has 0 aliphatic heterocycles. The van der Waals surface area contributed by atoms with E-state index < -0.39 is 0 Å². The lowest BCUT2D eigenvalue weighted by Gasteiger charge is -1.98. The predicted octanol–water partition coefficient (Wildman–Crippen LogP) is -4.75. The maximum Gasteiger partial charge on any atom is 0.244 e. The fourth-order valence-corrected chi connectivity index (χ4v) is 3.82. The molecular formula is C21H26Cl2N4O2. The van der Waals surface area contributed by atoms with Gasteiger partial charge in [0.05, 0.1) is 26.3 Å². The third kappa shape index (κ3) is 4.73. The molecule has 2 N–H and O–H groups in total. The van der Waals surface area contributed by atoms with E-state index in [0.717, 1.165) is 30.5 Å². The van der Waals surface area contributed by atoms with Crippen molar-refractivity contribution in [1.29, 1.82) is 0 Å². The highest BCUT2D eigenvalue weighted by atomic mass is 35.5. The molecule has 0 radical (unpaired) electrons. The van der Waals surface area contributed by atoms with Crippen molar-refractivity contribution in [1.82, 2.24) is 9.13 Å². The van der Waals surface area contributed by atoms with Gasteiger partial charge in [-0.1, -0.05) is 24.3 Å². The third-order valence-corrected chi connectivity index (χ3v) is 5.04. The Morgan fingerprint density at radius 1 is 0.655 bits per heavy atom. The molecule has 156 valence electrons. The number of hydrogen-bond donors (Lipinski definition) is 2. The number of rotatable bonds is 8. The zero-order chi connectivity index (χ0) is 18.6. The first-order valence-electron chi connectivity index (χ1n) is 9.48. The van der Waals surface area contributed by atoms with Crippen molar-refractivity contribution in [2.24, 2.45) is 0 Å². The van der Waals surface area contributed by atoms with Crippen molar-refractivity contribution in [3.8, 4) is 0 Å². The lowest BCUT2D eigenvalue weighted by atomic mass is 10.3. The molecule has 0 aliphatic carbocycles. The number of aliphatic hydroxyl groups is 2. The molecule has 0 saturated heterocycles. The smallest absolute Gasteiger partial charge is 0.244 e. The Bertz CT molecular complexity index is 977. The van der Waals surface area contributed by atoms with Crippen molar-refractivity contribution >= 4 is 22.1 Å². The van der Waals surface area contributed by atoms with Gasteiger partial charge in [-0.15, -0.1) is 0 Å². The standard InChI is InChI=1S/C21H26N4O2.2ClH/c26-14-12-24-16-22(18-6-1-3-8-20(18)24)10-5-11-23-17-25(13-15-27)21-9-4-2-7-19(21)23;;/h1-4,6-9,16-17,26-27H,5,10-15H2;2*1H/q+2;;/p-2. The summed E-state index contributed by atoms with van der Waals surface area (Å²) in [6.07, 6.45) is 5.19. The van der Waals surface area contributed by atoms with Gasteiger partial charge >= 0.3 is 0 Å². The Kier molecular flexibility index (Phi) is 8.46. The van der Waals surface area contributed by atoms with Gasteiger partial charge in [0.15, 0.2) is 22.1 Å². The molecule has 0 spiro atoms. The van der Waals surface area contributed by atoms with Gasteiger partial charge in [0, 0.05) is 6.42 Å². The molecule has 4 aromatic rings. The quantitative estimate of drug-likeness (QED) is 0.272. The van der Waals surface area contributed by atoms with Crippen molar-refractivity contribution in [2.75, 3.05) is 13.2 Å². The van der Waals surface area contributed by atoms with Crippen molar-refractivity contribution in [2.45, 2.75) is 32.6 Å². The molecule has 0 atom stereocenters. The minimum absolute atomic E-state index is 0. The number of para-hydroxylation sites is 4. The highest BCUT2D eigenvalue weighted by Crippen LogP contribution is 2.14. The molecule has 29 heavy (non-hydrogen) atoms. The van der Waals surface area contributed by atoms with Crippen molar-refractivity contribution in [3.63, 3.8) is 0 Å². The first-order valence-corrected chi connectivity index (χ1v) is 9.48. The number of halogens is 2. The lowest BCUT2D eigenvalue weighted by Crippen LogP contribution is -3.00. The van der Waals surface area contributed by atoms with E-state index in [1.807, 2.05) is 12.1 Å². The van der Waals surface area contributed by atoms with E-state index >= 15 is 0 Å². The second kappa shape index (κ2) is 10.6. The molecule has 0 saturated carbocycles. The number of imidazole rings is 2. The zero-order valence-corrected chi connectivity index (χ0v) is 17.7. The average molecular weight is 437 g/mol. The van der Waals surface area contributed by atoms with Gasteiger partial charge in [0.2, 0.25) is 12.7 Å². The lowest BCUT2D eigenvalue weighted by molar-refractivity contribution is -0.673. The number of benzene rings is 2. The Hall–Kier alpha value is -2.12. The normalized spacial score (nSPS) is 10.8. The summed E-state index contributed by atoms with van der Waals surface area (Å²) in [6, 6.07) is 16.6. The second-order valence-corrected chi connectivity index (χ2v) is 6.78. The van der Waals surface area contributed by atoms with E-state index in [0.29, 0.717) is 13.1 Å². The number of aliphatic hydroxyl groups excluding tert-OH is 2. The van der Waals surface area contributed by atoms with Crippen LogP contribution in [0.3, 0.4) is 0 Å². The van der Waals surface area contributed by atoms with Crippen molar-refractivity contribution < 1.29 is 44.2 Å². The van der Waals surface area contributed by atoms with Gasteiger partial charge < -0.3 is 35.0 Å². The van der Waals surface area contributed by atoms with Crippen LogP contribution in [0.1, 0.15) is 6.42 Å². The maximum absolute atomic E-state index is 9.31. The fraction of sp³-hybridized carbons (Fsp3) is 0.333. The van der Waals surface area contributed by atoms with Crippen LogP contribution in [-0.2, 0) is 26.2 Å². The minimum Gasteiger partial charge on any atom is -1.00 e. The van der Waals surface area contributed by atoms with Crippen LogP contribution in [0.5, 0.6) is 0 Å². The van der Waals surface area contributed by atoms with Crippen LogP contribution in [0.4, 0.5) is 0 Å². The minimum atomic E-state index is 0. The van der Waals surface area contributed by atoms with E-state index in [1.165, 1.54) is 11.0 Å². The van der Waals surface area contributed by atoms with E-state index in [-0.39, 0.29) is 38.0 Å². The Balaban J connectivity index is 0.00000150.